The zero-order valence-electron chi connectivity index (χ0n) is 11.2. The number of hydrogen-bond donors (Lipinski definition) is 2. The first-order valence-electron chi connectivity index (χ1n) is 6.60. The molecule has 1 aliphatic rings. The molecule has 0 saturated carbocycles. The lowest BCUT2D eigenvalue weighted by Crippen LogP contribution is -2.15. The van der Waals surface area contributed by atoms with Crippen LogP contribution in [0.1, 0.15) is 35.8 Å². The van der Waals surface area contributed by atoms with Gasteiger partial charge in [0.25, 0.3) is 0 Å². The van der Waals surface area contributed by atoms with Gasteiger partial charge in [-0.2, -0.15) is 4.98 Å². The molecular formula is C14H17N3O3. The van der Waals surface area contributed by atoms with Crippen LogP contribution >= 0.6 is 0 Å². The SMILES string of the molecule is COC(c1ccccc1)c1noc(C2CC(O)CN2)n1. The molecule has 1 aromatic heterocycles. The Hall–Kier alpha value is -1.76. The first-order chi connectivity index (χ1) is 9.78. The van der Waals surface area contributed by atoms with Gasteiger partial charge in [-0.05, 0) is 12.0 Å². The summed E-state index contributed by atoms with van der Waals surface area (Å²) >= 11 is 0. The highest BCUT2D eigenvalue weighted by Crippen LogP contribution is 2.26. The molecule has 3 rings (SSSR count). The van der Waals surface area contributed by atoms with Gasteiger partial charge in [-0.3, -0.25) is 0 Å². The normalized spacial score (nSPS) is 23.9. The summed E-state index contributed by atoms with van der Waals surface area (Å²) in [5, 5.41) is 16.7. The first kappa shape index (κ1) is 13.2. The minimum atomic E-state index is -0.359. The van der Waals surface area contributed by atoms with Crippen LogP contribution in [0.2, 0.25) is 0 Å². The van der Waals surface area contributed by atoms with E-state index < -0.39 is 0 Å². The first-order valence-corrected chi connectivity index (χ1v) is 6.60. The largest absolute Gasteiger partial charge is 0.392 e. The van der Waals surface area contributed by atoms with Gasteiger partial charge in [0.2, 0.25) is 11.7 Å². The molecule has 1 aliphatic heterocycles. The van der Waals surface area contributed by atoms with Crippen LogP contribution < -0.4 is 5.32 Å². The molecule has 3 unspecified atom stereocenters. The van der Waals surface area contributed by atoms with Crippen molar-refractivity contribution < 1.29 is 14.4 Å². The Kier molecular flexibility index (Phi) is 3.77. The Balaban J connectivity index is 1.81. The number of rotatable bonds is 4. The number of aliphatic hydroxyl groups is 1. The molecule has 0 aliphatic carbocycles. The molecule has 1 aromatic carbocycles. The van der Waals surface area contributed by atoms with Crippen LogP contribution in [0.25, 0.3) is 0 Å². The van der Waals surface area contributed by atoms with Crippen LogP contribution in [0.3, 0.4) is 0 Å². The van der Waals surface area contributed by atoms with Crippen molar-refractivity contribution in [1.29, 1.82) is 0 Å². The highest BCUT2D eigenvalue weighted by atomic mass is 16.5. The molecule has 6 heteroatoms. The molecule has 3 atom stereocenters. The highest BCUT2D eigenvalue weighted by Gasteiger charge is 2.29. The fourth-order valence-corrected chi connectivity index (χ4v) is 2.42. The van der Waals surface area contributed by atoms with Crippen molar-refractivity contribution in [3.63, 3.8) is 0 Å². The topological polar surface area (TPSA) is 80.4 Å². The predicted octanol–water partition coefficient (Wildman–Crippen LogP) is 1.20. The minimum absolute atomic E-state index is 0.0838. The van der Waals surface area contributed by atoms with Gasteiger partial charge in [-0.25, -0.2) is 0 Å². The van der Waals surface area contributed by atoms with E-state index in [1.807, 2.05) is 30.3 Å². The van der Waals surface area contributed by atoms with Crippen molar-refractivity contribution in [3.8, 4) is 0 Å². The van der Waals surface area contributed by atoms with Crippen molar-refractivity contribution in [2.45, 2.75) is 24.7 Å². The van der Waals surface area contributed by atoms with E-state index in [1.165, 1.54) is 0 Å². The van der Waals surface area contributed by atoms with Crippen molar-refractivity contribution >= 4 is 0 Å². The number of nitrogens with zero attached hydrogens (tertiary/aromatic N) is 2. The molecule has 2 aromatic rings. The molecule has 1 saturated heterocycles. The van der Waals surface area contributed by atoms with Crippen molar-refractivity contribution in [2.24, 2.45) is 0 Å². The van der Waals surface area contributed by atoms with E-state index in [4.69, 9.17) is 9.26 Å². The molecule has 6 nitrogen and oxygen atoms in total. The van der Waals surface area contributed by atoms with Gasteiger partial charge >= 0.3 is 0 Å². The van der Waals surface area contributed by atoms with Crippen LogP contribution in [-0.4, -0.2) is 35.0 Å². The molecule has 0 spiro atoms. The summed E-state index contributed by atoms with van der Waals surface area (Å²) in [5.74, 6) is 0.992. The average molecular weight is 275 g/mol. The van der Waals surface area contributed by atoms with Gasteiger partial charge in [-0.15, -0.1) is 0 Å². The number of aliphatic hydroxyl groups excluding tert-OH is 1. The fraction of sp³-hybridized carbons (Fsp3) is 0.429. The number of β-amino-alcohol motifs (C(OH)–C–C–N with tert-alkyl or cyclic N) is 1. The summed E-state index contributed by atoms with van der Waals surface area (Å²) in [6.45, 7) is 0.550. The Bertz CT molecular complexity index is 558. The van der Waals surface area contributed by atoms with Crippen LogP contribution in [0.15, 0.2) is 34.9 Å². The van der Waals surface area contributed by atoms with Gasteiger partial charge in [-0.1, -0.05) is 35.5 Å². The monoisotopic (exact) mass is 275 g/mol. The summed E-state index contributed by atoms with van der Waals surface area (Å²) in [7, 11) is 1.62. The maximum Gasteiger partial charge on any atom is 0.243 e. The molecular weight excluding hydrogens is 258 g/mol. The molecule has 0 radical (unpaired) electrons. The van der Waals surface area contributed by atoms with Crippen LogP contribution in [0.4, 0.5) is 0 Å². The van der Waals surface area contributed by atoms with Gasteiger partial charge in [0.15, 0.2) is 0 Å². The second-order valence-electron chi connectivity index (χ2n) is 4.87. The summed E-state index contributed by atoms with van der Waals surface area (Å²) in [4.78, 5) is 4.40. The quantitative estimate of drug-likeness (QED) is 0.872. The lowest BCUT2D eigenvalue weighted by atomic mass is 10.1. The number of methoxy groups -OCH3 is 1. The molecule has 2 N–H and O–H groups in total. The Morgan fingerprint density at radius 1 is 1.40 bits per heavy atom. The number of nitrogens with one attached hydrogen (secondary N) is 1. The zero-order chi connectivity index (χ0) is 13.9. The Morgan fingerprint density at radius 2 is 2.20 bits per heavy atom. The van der Waals surface area contributed by atoms with Crippen LogP contribution in [-0.2, 0) is 4.74 Å². The molecule has 0 amide bonds. The van der Waals surface area contributed by atoms with E-state index in [9.17, 15) is 5.11 Å². The third-order valence-electron chi connectivity index (χ3n) is 3.44. The fourth-order valence-electron chi connectivity index (χ4n) is 2.42. The Morgan fingerprint density at radius 3 is 2.85 bits per heavy atom. The van der Waals surface area contributed by atoms with Crippen molar-refractivity contribution in [1.82, 2.24) is 15.5 Å². The lowest BCUT2D eigenvalue weighted by molar-refractivity contribution is 0.126. The summed E-state index contributed by atoms with van der Waals surface area (Å²) < 4.78 is 10.8. The second-order valence-corrected chi connectivity index (χ2v) is 4.87. The van der Waals surface area contributed by atoms with Crippen LogP contribution in [0, 0.1) is 0 Å². The van der Waals surface area contributed by atoms with Gasteiger partial charge < -0.3 is 19.7 Å². The van der Waals surface area contributed by atoms with E-state index in [0.717, 1.165) is 5.56 Å². The van der Waals surface area contributed by atoms with E-state index in [1.54, 1.807) is 7.11 Å². The summed E-state index contributed by atoms with van der Waals surface area (Å²) in [6.07, 6.45) is -0.118. The summed E-state index contributed by atoms with van der Waals surface area (Å²) in [5.41, 5.74) is 0.974. The van der Waals surface area contributed by atoms with Crippen molar-refractivity contribution in [3.05, 3.63) is 47.6 Å². The lowest BCUT2D eigenvalue weighted by Gasteiger charge is -2.11. The third-order valence-corrected chi connectivity index (χ3v) is 3.44. The van der Waals surface area contributed by atoms with Gasteiger partial charge in [0, 0.05) is 13.7 Å². The second kappa shape index (κ2) is 5.70. The molecule has 2 heterocycles. The van der Waals surface area contributed by atoms with Crippen LogP contribution in [0.5, 0.6) is 0 Å². The van der Waals surface area contributed by atoms with E-state index in [0.29, 0.717) is 24.7 Å². The molecule has 20 heavy (non-hydrogen) atoms. The van der Waals surface area contributed by atoms with E-state index in [-0.39, 0.29) is 18.2 Å². The molecule has 0 bridgehead atoms. The third kappa shape index (κ3) is 2.58. The number of hydrogen-bond acceptors (Lipinski definition) is 6. The average Bonchev–Trinajstić information content (AvgIpc) is 3.10. The smallest absolute Gasteiger partial charge is 0.243 e. The number of aromatic nitrogens is 2. The molecule has 106 valence electrons. The van der Waals surface area contributed by atoms with Crippen molar-refractivity contribution in [2.75, 3.05) is 13.7 Å². The zero-order valence-corrected chi connectivity index (χ0v) is 11.2. The number of ether oxygens (including phenoxy) is 1. The predicted molar refractivity (Wildman–Crippen MR) is 71.0 cm³/mol. The number of benzene rings is 1. The van der Waals surface area contributed by atoms with Gasteiger partial charge in [0.05, 0.1) is 12.1 Å². The minimum Gasteiger partial charge on any atom is -0.392 e. The summed E-state index contributed by atoms with van der Waals surface area (Å²) in [6, 6.07) is 9.67. The molecule has 1 fully saturated rings. The van der Waals surface area contributed by atoms with E-state index in [2.05, 4.69) is 15.5 Å². The maximum atomic E-state index is 9.52. The Labute approximate surface area is 116 Å². The highest BCUT2D eigenvalue weighted by molar-refractivity contribution is 5.22. The standard InChI is InChI=1S/C14H17N3O3/c1-19-12(9-5-3-2-4-6-9)13-16-14(20-17-13)11-7-10(18)8-15-11/h2-6,10-12,15,18H,7-8H2,1H3. The van der Waals surface area contributed by atoms with E-state index >= 15 is 0 Å². The van der Waals surface area contributed by atoms with Gasteiger partial charge in [0.1, 0.15) is 6.10 Å². The maximum absolute atomic E-state index is 9.52.